The largest absolute Gasteiger partial charge is 0.496 e. The average Bonchev–Trinajstić information content (AvgIpc) is 2.43. The summed E-state index contributed by atoms with van der Waals surface area (Å²) in [5, 5.41) is 30.7. The molecule has 0 radical (unpaired) electrons. The van der Waals surface area contributed by atoms with E-state index < -0.39 is 23.4 Å². The molecular weight excluding hydrogens is 276 g/mol. The summed E-state index contributed by atoms with van der Waals surface area (Å²) in [5.74, 6) is 0.257. The molecule has 0 aliphatic heterocycles. The molecule has 21 heavy (non-hydrogen) atoms. The summed E-state index contributed by atoms with van der Waals surface area (Å²) in [6, 6.07) is 5.83. The zero-order valence-electron chi connectivity index (χ0n) is 12.0. The van der Waals surface area contributed by atoms with Gasteiger partial charge in [-0.2, -0.15) is 0 Å². The lowest BCUT2D eigenvalue weighted by Gasteiger charge is -2.29. The Morgan fingerprint density at radius 2 is 1.90 bits per heavy atom. The number of hydrogen-bond acceptors (Lipinski definition) is 6. The first-order valence-corrected chi connectivity index (χ1v) is 6.44. The molecule has 0 amide bonds. The quantitative estimate of drug-likeness (QED) is 0.726. The summed E-state index contributed by atoms with van der Waals surface area (Å²) in [5.41, 5.74) is -1.36. The summed E-state index contributed by atoms with van der Waals surface area (Å²) in [7, 11) is 1.40. The molecule has 1 aromatic heterocycles. The molecule has 0 spiro atoms. The standard InChI is InChI=1S/C15H18O6/c1-15(2,19)14(18)13(17)9-6-8-4-5-12(16)21-10(8)7-11(9)20-3/h4-7,13-14,17-19H,1-3H3/t13-,14-/m0/s1. The Morgan fingerprint density at radius 1 is 1.24 bits per heavy atom. The van der Waals surface area contributed by atoms with Crippen molar-refractivity contribution in [3.63, 3.8) is 0 Å². The van der Waals surface area contributed by atoms with E-state index >= 15 is 0 Å². The molecule has 6 nitrogen and oxygen atoms in total. The van der Waals surface area contributed by atoms with Crippen LogP contribution in [0.4, 0.5) is 0 Å². The van der Waals surface area contributed by atoms with Crippen LogP contribution in [0.2, 0.25) is 0 Å². The number of benzene rings is 1. The Morgan fingerprint density at radius 3 is 2.48 bits per heavy atom. The van der Waals surface area contributed by atoms with Gasteiger partial charge in [0.1, 0.15) is 23.5 Å². The van der Waals surface area contributed by atoms with Gasteiger partial charge in [-0.05, 0) is 26.0 Å². The molecule has 0 unspecified atom stereocenters. The van der Waals surface area contributed by atoms with Crippen molar-refractivity contribution in [3.8, 4) is 5.75 Å². The van der Waals surface area contributed by atoms with E-state index in [0.717, 1.165) is 0 Å². The number of fused-ring (bicyclic) bond motifs is 1. The minimum Gasteiger partial charge on any atom is -0.496 e. The van der Waals surface area contributed by atoms with Crippen molar-refractivity contribution in [3.05, 3.63) is 40.2 Å². The fraction of sp³-hybridized carbons (Fsp3) is 0.400. The van der Waals surface area contributed by atoms with Crippen LogP contribution in [0.1, 0.15) is 25.5 Å². The van der Waals surface area contributed by atoms with E-state index in [4.69, 9.17) is 9.15 Å². The van der Waals surface area contributed by atoms with Gasteiger partial charge in [0.2, 0.25) is 0 Å². The highest BCUT2D eigenvalue weighted by atomic mass is 16.5. The minimum absolute atomic E-state index is 0.257. The van der Waals surface area contributed by atoms with E-state index in [9.17, 15) is 20.1 Å². The normalized spacial score (nSPS) is 15.0. The maximum atomic E-state index is 11.2. The Balaban J connectivity index is 2.57. The van der Waals surface area contributed by atoms with Crippen LogP contribution in [0.25, 0.3) is 11.0 Å². The van der Waals surface area contributed by atoms with Gasteiger partial charge in [0, 0.05) is 23.1 Å². The highest BCUT2D eigenvalue weighted by molar-refractivity contribution is 5.79. The predicted octanol–water partition coefficient (Wildman–Crippen LogP) is 0.967. The highest BCUT2D eigenvalue weighted by Gasteiger charge is 2.33. The number of methoxy groups -OCH3 is 1. The van der Waals surface area contributed by atoms with Crippen molar-refractivity contribution in [1.29, 1.82) is 0 Å². The summed E-state index contributed by atoms with van der Waals surface area (Å²) in [6.45, 7) is 2.79. The van der Waals surface area contributed by atoms with Crippen LogP contribution in [0.3, 0.4) is 0 Å². The van der Waals surface area contributed by atoms with Crippen molar-refractivity contribution in [1.82, 2.24) is 0 Å². The monoisotopic (exact) mass is 294 g/mol. The molecule has 2 aromatic rings. The Kier molecular flexibility index (Phi) is 4.04. The van der Waals surface area contributed by atoms with Crippen molar-refractivity contribution in [2.75, 3.05) is 7.11 Å². The lowest BCUT2D eigenvalue weighted by molar-refractivity contribution is -0.107. The molecule has 0 bridgehead atoms. The van der Waals surface area contributed by atoms with Gasteiger partial charge in [-0.15, -0.1) is 0 Å². The number of aliphatic hydroxyl groups is 3. The maximum Gasteiger partial charge on any atom is 0.336 e. The predicted molar refractivity (Wildman–Crippen MR) is 76.3 cm³/mol. The molecule has 114 valence electrons. The molecule has 0 aliphatic carbocycles. The lowest BCUT2D eigenvalue weighted by atomic mass is 9.91. The maximum absolute atomic E-state index is 11.2. The fourth-order valence-corrected chi connectivity index (χ4v) is 2.08. The van der Waals surface area contributed by atoms with E-state index in [1.165, 1.54) is 33.1 Å². The van der Waals surface area contributed by atoms with Crippen LogP contribution in [-0.4, -0.2) is 34.1 Å². The molecule has 6 heteroatoms. The summed E-state index contributed by atoms with van der Waals surface area (Å²) in [6.07, 6.45) is -2.75. The molecule has 0 fully saturated rings. The van der Waals surface area contributed by atoms with Gasteiger partial charge in [0.05, 0.1) is 12.7 Å². The first kappa shape index (κ1) is 15.5. The third-order valence-corrected chi connectivity index (χ3v) is 3.31. The summed E-state index contributed by atoms with van der Waals surface area (Å²) in [4.78, 5) is 11.2. The zero-order valence-corrected chi connectivity index (χ0v) is 12.0. The van der Waals surface area contributed by atoms with Crippen molar-refractivity contribution in [2.24, 2.45) is 0 Å². The van der Waals surface area contributed by atoms with Gasteiger partial charge in [-0.1, -0.05) is 0 Å². The smallest absolute Gasteiger partial charge is 0.336 e. The Hall–Kier alpha value is -1.89. The number of rotatable bonds is 4. The Bertz CT molecular complexity index is 697. The van der Waals surface area contributed by atoms with Crippen LogP contribution in [0, 0.1) is 0 Å². The van der Waals surface area contributed by atoms with Crippen LogP contribution in [-0.2, 0) is 0 Å². The van der Waals surface area contributed by atoms with E-state index in [0.29, 0.717) is 16.5 Å². The van der Waals surface area contributed by atoms with Gasteiger partial charge >= 0.3 is 5.63 Å². The third-order valence-electron chi connectivity index (χ3n) is 3.31. The topological polar surface area (TPSA) is 100 Å². The molecule has 1 heterocycles. The van der Waals surface area contributed by atoms with Crippen LogP contribution in [0.15, 0.2) is 33.5 Å². The molecule has 2 rings (SSSR count). The average molecular weight is 294 g/mol. The summed E-state index contributed by atoms with van der Waals surface area (Å²) < 4.78 is 10.2. The third kappa shape index (κ3) is 3.07. The van der Waals surface area contributed by atoms with E-state index in [1.807, 2.05) is 0 Å². The zero-order chi connectivity index (χ0) is 15.8. The molecule has 0 saturated carbocycles. The number of hydrogen-bond donors (Lipinski definition) is 3. The van der Waals surface area contributed by atoms with Crippen molar-refractivity contribution in [2.45, 2.75) is 31.7 Å². The molecule has 1 aromatic carbocycles. The number of ether oxygens (including phenoxy) is 1. The molecule has 0 aliphatic rings. The van der Waals surface area contributed by atoms with Gasteiger partial charge in [0.25, 0.3) is 0 Å². The first-order chi connectivity index (χ1) is 9.74. The molecular formula is C15H18O6. The molecule has 2 atom stereocenters. The van der Waals surface area contributed by atoms with E-state index in [2.05, 4.69) is 0 Å². The number of aliphatic hydroxyl groups excluding tert-OH is 2. The van der Waals surface area contributed by atoms with Gasteiger partial charge in [-0.25, -0.2) is 4.79 Å². The van der Waals surface area contributed by atoms with Crippen LogP contribution >= 0.6 is 0 Å². The minimum atomic E-state index is -1.48. The second-order valence-electron chi connectivity index (χ2n) is 5.43. The van der Waals surface area contributed by atoms with Gasteiger partial charge in [0.15, 0.2) is 0 Å². The summed E-state index contributed by atoms with van der Waals surface area (Å²) >= 11 is 0. The van der Waals surface area contributed by atoms with Crippen LogP contribution in [0.5, 0.6) is 5.75 Å². The Labute approximate surface area is 121 Å². The fourth-order valence-electron chi connectivity index (χ4n) is 2.08. The lowest BCUT2D eigenvalue weighted by Crippen LogP contribution is -2.40. The van der Waals surface area contributed by atoms with Gasteiger partial charge < -0.3 is 24.5 Å². The van der Waals surface area contributed by atoms with E-state index in [-0.39, 0.29) is 5.75 Å². The molecule has 0 saturated heterocycles. The van der Waals surface area contributed by atoms with Crippen LogP contribution < -0.4 is 10.4 Å². The van der Waals surface area contributed by atoms with Crippen molar-refractivity contribution < 1.29 is 24.5 Å². The second kappa shape index (κ2) is 5.48. The first-order valence-electron chi connectivity index (χ1n) is 6.44. The highest BCUT2D eigenvalue weighted by Crippen LogP contribution is 2.34. The van der Waals surface area contributed by atoms with Gasteiger partial charge in [-0.3, -0.25) is 0 Å². The second-order valence-corrected chi connectivity index (χ2v) is 5.43. The van der Waals surface area contributed by atoms with Crippen molar-refractivity contribution >= 4 is 11.0 Å². The molecule has 3 N–H and O–H groups in total. The van der Waals surface area contributed by atoms with E-state index in [1.54, 1.807) is 12.1 Å². The SMILES string of the molecule is COc1cc2oc(=O)ccc2cc1[C@H](O)[C@H](O)C(C)(C)O.